The van der Waals surface area contributed by atoms with Crippen LogP contribution in [0, 0.1) is 5.41 Å². The lowest BCUT2D eigenvalue weighted by Gasteiger charge is -2.33. The number of nitrogens with one attached hydrogen (secondary N) is 2. The maximum atomic E-state index is 12.8. The van der Waals surface area contributed by atoms with Crippen LogP contribution >= 0.6 is 11.6 Å². The number of rotatable bonds is 3. The summed E-state index contributed by atoms with van der Waals surface area (Å²) >= 11 is 5.52. The molecular formula is C17H22ClF3N2O2. The van der Waals surface area contributed by atoms with E-state index in [1.165, 1.54) is 6.07 Å². The Balaban J connectivity index is 2.84. The van der Waals surface area contributed by atoms with Gasteiger partial charge < -0.3 is 10.6 Å². The van der Waals surface area contributed by atoms with E-state index in [1.54, 1.807) is 13.8 Å². The Morgan fingerprint density at radius 2 is 1.60 bits per heavy atom. The van der Waals surface area contributed by atoms with Crippen molar-refractivity contribution in [3.8, 4) is 0 Å². The summed E-state index contributed by atoms with van der Waals surface area (Å²) in [5, 5.41) is 4.26. The molecule has 0 fully saturated rings. The first kappa shape index (κ1) is 21.3. The van der Waals surface area contributed by atoms with Crippen molar-refractivity contribution in [3.63, 3.8) is 0 Å². The van der Waals surface area contributed by atoms with Gasteiger partial charge in [-0.25, -0.2) is 0 Å². The van der Waals surface area contributed by atoms with Crippen molar-refractivity contribution in [1.82, 2.24) is 5.32 Å². The topological polar surface area (TPSA) is 58.2 Å². The van der Waals surface area contributed by atoms with Crippen LogP contribution in [0.2, 0.25) is 5.02 Å². The molecule has 0 saturated heterocycles. The summed E-state index contributed by atoms with van der Waals surface area (Å²) in [6, 6.07) is 2.90. The minimum atomic E-state index is -4.66. The number of amides is 2. The maximum Gasteiger partial charge on any atom is 0.417 e. The van der Waals surface area contributed by atoms with Crippen molar-refractivity contribution in [2.75, 3.05) is 5.32 Å². The molecule has 2 amide bonds. The first-order valence-corrected chi connectivity index (χ1v) is 7.99. The largest absolute Gasteiger partial charge is 0.417 e. The lowest BCUT2D eigenvalue weighted by molar-refractivity contribution is -0.137. The summed E-state index contributed by atoms with van der Waals surface area (Å²) in [5.74, 6) is -1.96. The first-order chi connectivity index (χ1) is 11.1. The molecule has 0 aliphatic rings. The average molecular weight is 379 g/mol. The highest BCUT2D eigenvalue weighted by molar-refractivity contribution is 6.39. The normalized spacial score (nSPS) is 12.7. The molecule has 1 aromatic carbocycles. The number of anilines is 1. The standard InChI is InChI=1S/C17H22ClF3N2O2/c1-15(2,3)9-16(4,5)23-14(25)13(24)22-10-6-7-12(18)11(8-10)17(19,20)21/h6-8H,9H2,1-5H3,(H,22,24)(H,23,25). The quantitative estimate of drug-likeness (QED) is 0.753. The Morgan fingerprint density at radius 3 is 2.08 bits per heavy atom. The van der Waals surface area contributed by atoms with Crippen LogP contribution in [-0.2, 0) is 15.8 Å². The lowest BCUT2D eigenvalue weighted by atomic mass is 9.82. The van der Waals surface area contributed by atoms with Crippen molar-refractivity contribution in [3.05, 3.63) is 28.8 Å². The molecule has 0 aliphatic carbocycles. The fourth-order valence-electron chi connectivity index (χ4n) is 2.74. The third-order valence-electron chi connectivity index (χ3n) is 3.16. The molecule has 0 radical (unpaired) electrons. The molecule has 8 heteroatoms. The Kier molecular flexibility index (Phi) is 6.16. The zero-order valence-corrected chi connectivity index (χ0v) is 15.5. The number of carbonyl (C=O) groups excluding carboxylic acids is 2. The van der Waals surface area contributed by atoms with Crippen molar-refractivity contribution in [2.45, 2.75) is 52.8 Å². The third-order valence-corrected chi connectivity index (χ3v) is 3.49. The Bertz CT molecular complexity index is 665. The maximum absolute atomic E-state index is 12.8. The van der Waals surface area contributed by atoms with E-state index in [4.69, 9.17) is 11.6 Å². The van der Waals surface area contributed by atoms with E-state index >= 15 is 0 Å². The van der Waals surface area contributed by atoms with Crippen molar-refractivity contribution < 1.29 is 22.8 Å². The molecule has 2 N–H and O–H groups in total. The minimum Gasteiger partial charge on any atom is -0.343 e. The summed E-state index contributed by atoms with van der Waals surface area (Å²) in [4.78, 5) is 24.0. The fraction of sp³-hybridized carbons (Fsp3) is 0.529. The summed E-state index contributed by atoms with van der Waals surface area (Å²) < 4.78 is 38.5. The number of hydrogen-bond donors (Lipinski definition) is 2. The molecule has 0 aliphatic heterocycles. The molecule has 0 atom stereocenters. The van der Waals surface area contributed by atoms with Gasteiger partial charge in [0.1, 0.15) is 0 Å². The van der Waals surface area contributed by atoms with Gasteiger partial charge in [-0.3, -0.25) is 9.59 Å². The Hall–Kier alpha value is -1.76. The van der Waals surface area contributed by atoms with Crippen LogP contribution in [0.5, 0.6) is 0 Å². The molecule has 0 unspecified atom stereocenters. The number of hydrogen-bond acceptors (Lipinski definition) is 2. The molecule has 140 valence electrons. The predicted octanol–water partition coefficient (Wildman–Crippen LogP) is 4.63. The van der Waals surface area contributed by atoms with Crippen LogP contribution in [0.4, 0.5) is 18.9 Å². The summed E-state index contributed by atoms with van der Waals surface area (Å²) in [7, 11) is 0. The average Bonchev–Trinajstić information content (AvgIpc) is 2.35. The number of halogens is 4. The number of benzene rings is 1. The van der Waals surface area contributed by atoms with Gasteiger partial charge in [0.05, 0.1) is 10.6 Å². The third kappa shape index (κ3) is 6.94. The smallest absolute Gasteiger partial charge is 0.343 e. The van der Waals surface area contributed by atoms with Gasteiger partial charge in [-0.15, -0.1) is 0 Å². The van der Waals surface area contributed by atoms with E-state index in [2.05, 4.69) is 10.6 Å². The Morgan fingerprint density at radius 1 is 1.04 bits per heavy atom. The van der Waals surface area contributed by atoms with Gasteiger partial charge >= 0.3 is 18.0 Å². The van der Waals surface area contributed by atoms with Gasteiger partial charge in [0.15, 0.2) is 0 Å². The number of alkyl halides is 3. The van der Waals surface area contributed by atoms with E-state index in [0.717, 1.165) is 6.07 Å². The van der Waals surface area contributed by atoms with Gasteiger partial charge in [-0.05, 0) is 43.9 Å². The van der Waals surface area contributed by atoms with Gasteiger partial charge in [-0.1, -0.05) is 32.4 Å². The Labute approximate surface area is 150 Å². The lowest BCUT2D eigenvalue weighted by Crippen LogP contribution is -2.49. The van der Waals surface area contributed by atoms with E-state index in [9.17, 15) is 22.8 Å². The molecule has 1 aromatic rings. The molecule has 4 nitrogen and oxygen atoms in total. The monoisotopic (exact) mass is 378 g/mol. The zero-order chi connectivity index (χ0) is 19.6. The minimum absolute atomic E-state index is 0.0783. The van der Waals surface area contributed by atoms with Crippen LogP contribution in [0.3, 0.4) is 0 Å². The van der Waals surface area contributed by atoms with E-state index in [0.29, 0.717) is 12.5 Å². The van der Waals surface area contributed by atoms with Crippen molar-refractivity contribution in [2.24, 2.45) is 5.41 Å². The summed E-state index contributed by atoms with van der Waals surface area (Å²) in [5.41, 5.74) is -1.97. The molecule has 0 aromatic heterocycles. The van der Waals surface area contributed by atoms with Crippen LogP contribution < -0.4 is 10.6 Å². The number of carbonyl (C=O) groups is 2. The van der Waals surface area contributed by atoms with Gasteiger partial charge in [0.2, 0.25) is 0 Å². The van der Waals surface area contributed by atoms with E-state index < -0.39 is 34.1 Å². The summed E-state index contributed by atoms with van der Waals surface area (Å²) in [6.07, 6.45) is -4.05. The second-order valence-electron chi connectivity index (χ2n) is 7.72. The van der Waals surface area contributed by atoms with Gasteiger partial charge in [-0.2, -0.15) is 13.2 Å². The van der Waals surface area contributed by atoms with E-state index in [-0.39, 0.29) is 11.1 Å². The molecular weight excluding hydrogens is 357 g/mol. The van der Waals surface area contributed by atoms with Crippen LogP contribution in [-0.4, -0.2) is 17.4 Å². The molecule has 1 rings (SSSR count). The van der Waals surface area contributed by atoms with Crippen molar-refractivity contribution >= 4 is 29.1 Å². The second kappa shape index (κ2) is 7.23. The highest BCUT2D eigenvalue weighted by Gasteiger charge is 2.34. The van der Waals surface area contributed by atoms with E-state index in [1.807, 2.05) is 20.8 Å². The molecule has 0 heterocycles. The SMILES string of the molecule is CC(C)(C)CC(C)(C)NC(=O)C(=O)Nc1ccc(Cl)c(C(F)(F)F)c1. The van der Waals surface area contributed by atoms with Crippen molar-refractivity contribution in [1.29, 1.82) is 0 Å². The van der Waals surface area contributed by atoms with Gasteiger partial charge in [0, 0.05) is 11.2 Å². The van der Waals surface area contributed by atoms with Crippen LogP contribution in [0.15, 0.2) is 18.2 Å². The first-order valence-electron chi connectivity index (χ1n) is 7.61. The molecule has 0 spiro atoms. The fourth-order valence-corrected chi connectivity index (χ4v) is 2.97. The van der Waals surface area contributed by atoms with Crippen LogP contribution in [0.1, 0.15) is 46.6 Å². The highest BCUT2D eigenvalue weighted by Crippen LogP contribution is 2.36. The van der Waals surface area contributed by atoms with Crippen LogP contribution in [0.25, 0.3) is 0 Å². The highest BCUT2D eigenvalue weighted by atomic mass is 35.5. The van der Waals surface area contributed by atoms with Gasteiger partial charge in [0.25, 0.3) is 0 Å². The second-order valence-corrected chi connectivity index (χ2v) is 8.13. The molecule has 0 saturated carbocycles. The molecule has 0 bridgehead atoms. The summed E-state index contributed by atoms with van der Waals surface area (Å²) in [6.45, 7) is 9.52. The zero-order valence-electron chi connectivity index (χ0n) is 14.8. The predicted molar refractivity (Wildman–Crippen MR) is 91.4 cm³/mol. The molecule has 25 heavy (non-hydrogen) atoms.